The Morgan fingerprint density at radius 2 is 2.00 bits per heavy atom. The molecule has 0 bridgehead atoms. The standard InChI is InChI=1S/C24H24N6O2/c1-16-24(22(31)12-20(26)18-6-4-17(5-7-18)13-27-2)29-21(14-28-16)19-8-9-23(32)30(15-19)11-3-10-25/h4-9,12,14-15,27H,3,11,13,26H2,1-2H3. The molecule has 3 rings (SSSR count). The topological polar surface area (TPSA) is 127 Å². The third-order valence-electron chi connectivity index (χ3n) is 4.89. The highest BCUT2D eigenvalue weighted by atomic mass is 16.1. The molecule has 0 aliphatic rings. The van der Waals surface area contributed by atoms with Gasteiger partial charge in [-0.3, -0.25) is 14.6 Å². The SMILES string of the molecule is CNCc1ccc(C(N)=CC(=O)c2nc(-c3ccc(=O)n(CCC#N)c3)cnc2C)cc1. The molecule has 0 amide bonds. The van der Waals surface area contributed by atoms with Crippen molar-refractivity contribution in [1.82, 2.24) is 19.9 Å². The molecule has 8 nitrogen and oxygen atoms in total. The van der Waals surface area contributed by atoms with Crippen LogP contribution in [0, 0.1) is 18.3 Å². The highest BCUT2D eigenvalue weighted by molar-refractivity contribution is 6.07. The summed E-state index contributed by atoms with van der Waals surface area (Å²) >= 11 is 0. The highest BCUT2D eigenvalue weighted by Crippen LogP contribution is 2.18. The number of carbonyl (C=O) groups excluding carboxylic acids is 1. The van der Waals surface area contributed by atoms with E-state index in [1.807, 2.05) is 37.4 Å². The summed E-state index contributed by atoms with van der Waals surface area (Å²) in [6, 6.07) is 12.7. The molecule has 0 aliphatic heterocycles. The van der Waals surface area contributed by atoms with E-state index < -0.39 is 0 Å². The zero-order valence-corrected chi connectivity index (χ0v) is 18.0. The van der Waals surface area contributed by atoms with Crippen LogP contribution in [0.3, 0.4) is 0 Å². The van der Waals surface area contributed by atoms with Crippen molar-refractivity contribution in [2.75, 3.05) is 7.05 Å². The molecule has 3 aromatic rings. The predicted octanol–water partition coefficient (Wildman–Crippen LogP) is 2.43. The normalized spacial score (nSPS) is 11.2. The zero-order valence-electron chi connectivity index (χ0n) is 18.0. The number of hydrogen-bond acceptors (Lipinski definition) is 7. The number of nitrogens with two attached hydrogens (primary N) is 1. The first-order valence-electron chi connectivity index (χ1n) is 10.1. The Morgan fingerprint density at radius 3 is 2.69 bits per heavy atom. The summed E-state index contributed by atoms with van der Waals surface area (Å²) in [5, 5.41) is 11.9. The average molecular weight is 428 g/mol. The predicted molar refractivity (Wildman–Crippen MR) is 122 cm³/mol. The Hall–Kier alpha value is -4.09. The van der Waals surface area contributed by atoms with Crippen molar-refractivity contribution < 1.29 is 4.79 Å². The fourth-order valence-electron chi connectivity index (χ4n) is 3.16. The van der Waals surface area contributed by atoms with Crippen LogP contribution in [-0.4, -0.2) is 27.4 Å². The molecule has 0 fully saturated rings. The molecular weight excluding hydrogens is 404 g/mol. The van der Waals surface area contributed by atoms with Crippen molar-refractivity contribution >= 4 is 11.5 Å². The van der Waals surface area contributed by atoms with Crippen molar-refractivity contribution in [2.24, 2.45) is 5.73 Å². The lowest BCUT2D eigenvalue weighted by Gasteiger charge is -2.09. The number of nitriles is 1. The molecule has 0 saturated heterocycles. The van der Waals surface area contributed by atoms with Gasteiger partial charge in [0.2, 0.25) is 5.78 Å². The minimum Gasteiger partial charge on any atom is -0.398 e. The van der Waals surface area contributed by atoms with Crippen LogP contribution in [0.4, 0.5) is 0 Å². The number of ketones is 1. The summed E-state index contributed by atoms with van der Waals surface area (Å²) in [5.74, 6) is -0.355. The lowest BCUT2D eigenvalue weighted by Crippen LogP contribution is -2.18. The molecule has 3 N–H and O–H groups in total. The van der Waals surface area contributed by atoms with E-state index in [1.165, 1.54) is 16.7 Å². The van der Waals surface area contributed by atoms with Crippen LogP contribution < -0.4 is 16.6 Å². The molecule has 0 saturated carbocycles. The number of aromatic nitrogens is 3. The maximum absolute atomic E-state index is 12.9. The lowest BCUT2D eigenvalue weighted by atomic mass is 10.1. The number of pyridine rings is 1. The molecule has 0 atom stereocenters. The van der Waals surface area contributed by atoms with Gasteiger partial charge in [0.25, 0.3) is 5.56 Å². The fraction of sp³-hybridized carbons (Fsp3) is 0.208. The van der Waals surface area contributed by atoms with Gasteiger partial charge in [-0.15, -0.1) is 0 Å². The molecule has 0 radical (unpaired) electrons. The smallest absolute Gasteiger partial charge is 0.250 e. The lowest BCUT2D eigenvalue weighted by molar-refractivity contribution is 0.104. The molecule has 0 aliphatic carbocycles. The number of carbonyl (C=O) groups is 1. The van der Waals surface area contributed by atoms with Gasteiger partial charge in [-0.1, -0.05) is 24.3 Å². The first kappa shape index (κ1) is 22.6. The fourth-order valence-corrected chi connectivity index (χ4v) is 3.16. The second-order valence-electron chi connectivity index (χ2n) is 7.24. The molecular formula is C24H24N6O2. The van der Waals surface area contributed by atoms with Gasteiger partial charge in [-0.05, 0) is 31.2 Å². The van der Waals surface area contributed by atoms with Gasteiger partial charge < -0.3 is 15.6 Å². The maximum atomic E-state index is 12.9. The van der Waals surface area contributed by atoms with Gasteiger partial charge in [-0.25, -0.2) is 4.98 Å². The van der Waals surface area contributed by atoms with E-state index in [1.54, 1.807) is 25.4 Å². The second-order valence-corrected chi connectivity index (χ2v) is 7.24. The number of rotatable bonds is 8. The Morgan fingerprint density at radius 1 is 1.25 bits per heavy atom. The summed E-state index contributed by atoms with van der Waals surface area (Å²) in [4.78, 5) is 33.7. The number of allylic oxidation sites excluding steroid dienone is 1. The molecule has 2 aromatic heterocycles. The molecule has 0 unspecified atom stereocenters. The largest absolute Gasteiger partial charge is 0.398 e. The van der Waals surface area contributed by atoms with Gasteiger partial charge in [0.05, 0.1) is 30.1 Å². The average Bonchev–Trinajstić information content (AvgIpc) is 2.79. The number of hydrogen-bond donors (Lipinski definition) is 2. The van der Waals surface area contributed by atoms with Crippen LogP contribution in [0.25, 0.3) is 17.0 Å². The highest BCUT2D eigenvalue weighted by Gasteiger charge is 2.14. The van der Waals surface area contributed by atoms with E-state index in [2.05, 4.69) is 15.3 Å². The molecule has 162 valence electrons. The quantitative estimate of drug-likeness (QED) is 0.417. The van der Waals surface area contributed by atoms with Crippen LogP contribution in [0.2, 0.25) is 0 Å². The van der Waals surface area contributed by atoms with Gasteiger partial charge in [0, 0.05) is 42.7 Å². The first-order chi connectivity index (χ1) is 15.4. The van der Waals surface area contributed by atoms with E-state index in [4.69, 9.17) is 11.0 Å². The van der Waals surface area contributed by atoms with Crippen LogP contribution in [0.1, 0.15) is 33.7 Å². The van der Waals surface area contributed by atoms with Crippen LogP contribution in [0.15, 0.2) is 59.7 Å². The molecule has 1 aromatic carbocycles. The van der Waals surface area contributed by atoms with Crippen molar-refractivity contribution in [1.29, 1.82) is 5.26 Å². The number of aryl methyl sites for hydroxylation is 2. The maximum Gasteiger partial charge on any atom is 0.250 e. The van der Waals surface area contributed by atoms with Crippen molar-refractivity contribution in [3.05, 3.63) is 87.7 Å². The van der Waals surface area contributed by atoms with Crippen LogP contribution in [-0.2, 0) is 13.1 Å². The number of benzene rings is 1. The Labute approximate surface area is 186 Å². The second kappa shape index (κ2) is 10.3. The van der Waals surface area contributed by atoms with Gasteiger partial charge in [0.1, 0.15) is 5.69 Å². The first-order valence-corrected chi connectivity index (χ1v) is 10.1. The Balaban J connectivity index is 1.90. The molecule has 32 heavy (non-hydrogen) atoms. The van der Waals surface area contributed by atoms with Crippen molar-refractivity contribution in [3.8, 4) is 17.3 Å². The molecule has 8 heteroatoms. The molecule has 0 spiro atoms. The minimum atomic E-state index is -0.355. The Bertz CT molecular complexity index is 1250. The van der Waals surface area contributed by atoms with Crippen molar-refractivity contribution in [3.63, 3.8) is 0 Å². The monoisotopic (exact) mass is 428 g/mol. The van der Waals surface area contributed by atoms with Gasteiger partial charge in [-0.2, -0.15) is 5.26 Å². The summed E-state index contributed by atoms with van der Waals surface area (Å²) in [7, 11) is 1.87. The zero-order chi connectivity index (χ0) is 23.1. The van der Waals surface area contributed by atoms with Gasteiger partial charge in [0.15, 0.2) is 0 Å². The van der Waals surface area contributed by atoms with E-state index in [0.717, 1.165) is 17.7 Å². The summed E-state index contributed by atoms with van der Waals surface area (Å²) in [6.07, 6.45) is 4.73. The van der Waals surface area contributed by atoms with E-state index in [0.29, 0.717) is 22.6 Å². The van der Waals surface area contributed by atoms with Gasteiger partial charge >= 0.3 is 0 Å². The number of nitrogens with zero attached hydrogens (tertiary/aromatic N) is 4. The third-order valence-corrected chi connectivity index (χ3v) is 4.89. The summed E-state index contributed by atoms with van der Waals surface area (Å²) < 4.78 is 1.44. The minimum absolute atomic E-state index is 0.187. The molecule has 2 heterocycles. The van der Waals surface area contributed by atoms with Crippen LogP contribution >= 0.6 is 0 Å². The van der Waals surface area contributed by atoms with Crippen LogP contribution in [0.5, 0.6) is 0 Å². The third kappa shape index (κ3) is 5.33. The Kier molecular flexibility index (Phi) is 7.26. The van der Waals surface area contributed by atoms with E-state index >= 15 is 0 Å². The van der Waals surface area contributed by atoms with E-state index in [9.17, 15) is 9.59 Å². The summed E-state index contributed by atoms with van der Waals surface area (Å²) in [6.45, 7) is 2.73. The number of nitrogens with one attached hydrogen (secondary N) is 1. The van der Waals surface area contributed by atoms with E-state index in [-0.39, 0.29) is 30.0 Å². The summed E-state index contributed by atoms with van der Waals surface area (Å²) in [5.41, 5.74) is 9.87. The van der Waals surface area contributed by atoms with Crippen molar-refractivity contribution in [2.45, 2.75) is 26.4 Å².